The SMILES string of the molecule is CN(CC(=O)NC1CCCCC1)[C@H]1CC[C@H](S(=O)(=O)c2cccc(C(F)(F)F)c2)CC1. The van der Waals surface area contributed by atoms with Gasteiger partial charge in [-0.1, -0.05) is 25.3 Å². The van der Waals surface area contributed by atoms with Crippen LogP contribution in [-0.4, -0.2) is 50.2 Å². The summed E-state index contributed by atoms with van der Waals surface area (Å²) in [6.45, 7) is 0.270. The van der Waals surface area contributed by atoms with E-state index < -0.39 is 26.8 Å². The van der Waals surface area contributed by atoms with E-state index in [-0.39, 0.29) is 29.4 Å². The molecule has 0 spiro atoms. The molecule has 31 heavy (non-hydrogen) atoms. The molecule has 0 unspecified atom stereocenters. The zero-order chi connectivity index (χ0) is 22.6. The summed E-state index contributed by atoms with van der Waals surface area (Å²) in [6.07, 6.45) is 2.91. The Morgan fingerprint density at radius 2 is 1.71 bits per heavy atom. The third kappa shape index (κ3) is 6.22. The predicted octanol–water partition coefficient (Wildman–Crippen LogP) is 4.17. The summed E-state index contributed by atoms with van der Waals surface area (Å²) in [5, 5.41) is 2.39. The average Bonchev–Trinajstić information content (AvgIpc) is 2.74. The van der Waals surface area contributed by atoms with E-state index in [0.717, 1.165) is 43.9 Å². The average molecular weight is 461 g/mol. The summed E-state index contributed by atoms with van der Waals surface area (Å²) in [6, 6.07) is 4.32. The maximum Gasteiger partial charge on any atom is 0.416 e. The Morgan fingerprint density at radius 1 is 1.06 bits per heavy atom. The number of nitrogens with one attached hydrogen (secondary N) is 1. The highest BCUT2D eigenvalue weighted by molar-refractivity contribution is 7.92. The highest BCUT2D eigenvalue weighted by Gasteiger charge is 2.36. The molecular weight excluding hydrogens is 429 g/mol. The first kappa shape index (κ1) is 24.0. The molecule has 1 N–H and O–H groups in total. The molecular formula is C22H31F3N2O3S. The van der Waals surface area contributed by atoms with Crippen molar-refractivity contribution in [1.29, 1.82) is 0 Å². The van der Waals surface area contributed by atoms with Crippen LogP contribution < -0.4 is 5.32 Å². The molecule has 3 rings (SSSR count). The van der Waals surface area contributed by atoms with E-state index in [1.165, 1.54) is 12.5 Å². The van der Waals surface area contributed by atoms with Gasteiger partial charge in [0, 0.05) is 12.1 Å². The summed E-state index contributed by atoms with van der Waals surface area (Å²) >= 11 is 0. The Morgan fingerprint density at radius 3 is 2.32 bits per heavy atom. The van der Waals surface area contributed by atoms with Crippen molar-refractivity contribution in [2.75, 3.05) is 13.6 Å². The van der Waals surface area contributed by atoms with Gasteiger partial charge in [0.1, 0.15) is 0 Å². The highest BCUT2D eigenvalue weighted by atomic mass is 32.2. The van der Waals surface area contributed by atoms with Crippen LogP contribution in [0.1, 0.15) is 63.4 Å². The molecule has 2 aliphatic rings. The smallest absolute Gasteiger partial charge is 0.352 e. The topological polar surface area (TPSA) is 66.5 Å². The van der Waals surface area contributed by atoms with Crippen LogP contribution >= 0.6 is 0 Å². The number of carbonyl (C=O) groups is 1. The molecule has 0 aliphatic heterocycles. The van der Waals surface area contributed by atoms with E-state index in [1.54, 1.807) is 0 Å². The van der Waals surface area contributed by atoms with Gasteiger partial charge in [0.25, 0.3) is 0 Å². The fourth-order valence-corrected chi connectivity index (χ4v) is 6.55. The monoisotopic (exact) mass is 460 g/mol. The van der Waals surface area contributed by atoms with E-state index in [2.05, 4.69) is 5.32 Å². The summed E-state index contributed by atoms with van der Waals surface area (Å²) in [7, 11) is -1.97. The third-order valence-electron chi connectivity index (χ3n) is 6.56. The second kappa shape index (κ2) is 9.90. The number of halogens is 3. The number of amides is 1. The van der Waals surface area contributed by atoms with Crippen molar-refractivity contribution in [2.24, 2.45) is 0 Å². The molecule has 2 saturated carbocycles. The van der Waals surface area contributed by atoms with Gasteiger partial charge in [0.2, 0.25) is 5.91 Å². The zero-order valence-corrected chi connectivity index (χ0v) is 18.6. The number of likely N-dealkylation sites (N-methyl/N-ethyl adjacent to an activating group) is 1. The summed E-state index contributed by atoms with van der Waals surface area (Å²) in [4.78, 5) is 14.0. The Labute approximate surface area is 182 Å². The molecule has 1 amide bonds. The zero-order valence-electron chi connectivity index (χ0n) is 17.8. The largest absolute Gasteiger partial charge is 0.416 e. The van der Waals surface area contributed by atoms with Crippen LogP contribution in [0, 0.1) is 0 Å². The molecule has 2 aliphatic carbocycles. The summed E-state index contributed by atoms with van der Waals surface area (Å²) in [5.41, 5.74) is -0.953. The lowest BCUT2D eigenvalue weighted by Crippen LogP contribution is -2.46. The molecule has 2 fully saturated rings. The van der Waals surface area contributed by atoms with E-state index in [0.29, 0.717) is 25.7 Å². The minimum Gasteiger partial charge on any atom is -0.352 e. The first-order valence-electron chi connectivity index (χ1n) is 11.0. The molecule has 1 aromatic carbocycles. The molecule has 5 nitrogen and oxygen atoms in total. The van der Waals surface area contributed by atoms with Crippen molar-refractivity contribution >= 4 is 15.7 Å². The van der Waals surface area contributed by atoms with Crippen LogP contribution in [0.2, 0.25) is 0 Å². The number of hydrogen-bond donors (Lipinski definition) is 1. The quantitative estimate of drug-likeness (QED) is 0.692. The van der Waals surface area contributed by atoms with Gasteiger partial charge >= 0.3 is 6.18 Å². The first-order chi connectivity index (χ1) is 14.6. The van der Waals surface area contributed by atoms with Gasteiger partial charge in [0.05, 0.1) is 22.3 Å². The fraction of sp³-hybridized carbons (Fsp3) is 0.682. The van der Waals surface area contributed by atoms with Gasteiger partial charge < -0.3 is 5.32 Å². The summed E-state index contributed by atoms with van der Waals surface area (Å²) < 4.78 is 64.7. The first-order valence-corrected chi connectivity index (χ1v) is 12.5. The van der Waals surface area contributed by atoms with Crippen molar-refractivity contribution < 1.29 is 26.4 Å². The van der Waals surface area contributed by atoms with Crippen molar-refractivity contribution in [2.45, 2.75) is 86.2 Å². The molecule has 0 saturated heterocycles. The van der Waals surface area contributed by atoms with E-state index in [9.17, 15) is 26.4 Å². The molecule has 174 valence electrons. The molecule has 1 aromatic rings. The second-order valence-corrected chi connectivity index (χ2v) is 11.0. The second-order valence-electron chi connectivity index (χ2n) is 8.82. The third-order valence-corrected chi connectivity index (χ3v) is 8.82. The molecule has 9 heteroatoms. The minimum atomic E-state index is -4.58. The van der Waals surface area contributed by atoms with Gasteiger partial charge in [-0.15, -0.1) is 0 Å². The normalized spacial score (nSPS) is 23.6. The Kier molecular flexibility index (Phi) is 7.68. The van der Waals surface area contributed by atoms with Gasteiger partial charge in [0.15, 0.2) is 9.84 Å². The lowest BCUT2D eigenvalue weighted by atomic mass is 9.94. The minimum absolute atomic E-state index is 0.00638. The molecule has 0 heterocycles. The number of rotatable bonds is 6. The summed E-state index contributed by atoms with van der Waals surface area (Å²) in [5.74, 6) is -0.00638. The van der Waals surface area contributed by atoms with Gasteiger partial charge in [-0.05, 0) is 63.8 Å². The highest BCUT2D eigenvalue weighted by Crippen LogP contribution is 2.34. The number of carbonyl (C=O) groups excluding carboxylic acids is 1. The Balaban J connectivity index is 1.54. The van der Waals surface area contributed by atoms with Crippen molar-refractivity contribution in [3.63, 3.8) is 0 Å². The number of sulfone groups is 1. The number of alkyl halides is 3. The van der Waals surface area contributed by atoms with Crippen LogP contribution in [-0.2, 0) is 20.8 Å². The lowest BCUT2D eigenvalue weighted by molar-refractivity contribution is -0.137. The number of benzene rings is 1. The molecule has 0 bridgehead atoms. The maximum atomic E-state index is 13.0. The van der Waals surface area contributed by atoms with Crippen LogP contribution in [0.5, 0.6) is 0 Å². The molecule has 0 radical (unpaired) electrons. The Bertz CT molecular complexity index is 859. The molecule has 0 atom stereocenters. The van der Waals surface area contributed by atoms with Crippen LogP contribution in [0.4, 0.5) is 13.2 Å². The number of nitrogens with zero attached hydrogens (tertiary/aromatic N) is 1. The van der Waals surface area contributed by atoms with Crippen LogP contribution in [0.3, 0.4) is 0 Å². The number of hydrogen-bond acceptors (Lipinski definition) is 4. The lowest BCUT2D eigenvalue weighted by Gasteiger charge is -2.34. The predicted molar refractivity (Wildman–Crippen MR) is 112 cm³/mol. The van der Waals surface area contributed by atoms with Gasteiger partial charge in [-0.2, -0.15) is 13.2 Å². The maximum absolute atomic E-state index is 13.0. The Hall–Kier alpha value is -1.61. The fourth-order valence-electron chi connectivity index (χ4n) is 4.71. The van der Waals surface area contributed by atoms with E-state index in [1.807, 2.05) is 11.9 Å². The van der Waals surface area contributed by atoms with E-state index >= 15 is 0 Å². The van der Waals surface area contributed by atoms with Crippen molar-refractivity contribution in [1.82, 2.24) is 10.2 Å². The van der Waals surface area contributed by atoms with E-state index in [4.69, 9.17) is 0 Å². The van der Waals surface area contributed by atoms with Gasteiger partial charge in [-0.25, -0.2) is 8.42 Å². The molecule has 0 aromatic heterocycles. The van der Waals surface area contributed by atoms with Crippen molar-refractivity contribution in [3.8, 4) is 0 Å². The van der Waals surface area contributed by atoms with Crippen LogP contribution in [0.15, 0.2) is 29.2 Å². The van der Waals surface area contributed by atoms with Gasteiger partial charge in [-0.3, -0.25) is 9.69 Å². The van der Waals surface area contributed by atoms with Crippen molar-refractivity contribution in [3.05, 3.63) is 29.8 Å². The standard InChI is InChI=1S/C22H31F3N2O3S/c1-27(15-21(28)26-17-7-3-2-4-8-17)18-10-12-19(13-11-18)31(29,30)20-9-5-6-16(14-20)22(23,24)25/h5-6,9,14,17-19H,2-4,7-8,10-13,15H2,1H3,(H,26,28)/t18-,19-. The van der Waals surface area contributed by atoms with Crippen LogP contribution in [0.25, 0.3) is 0 Å².